The summed E-state index contributed by atoms with van der Waals surface area (Å²) < 4.78 is 40.7. The Balaban J connectivity index is 1.81. The molecule has 27 heavy (non-hydrogen) atoms. The second kappa shape index (κ2) is 7.37. The van der Waals surface area contributed by atoms with Crippen LogP contribution in [0, 0.1) is 0 Å². The normalized spacial score (nSPS) is 16.8. The molecule has 1 heterocycles. The average molecular weight is 379 g/mol. The third-order valence-corrected chi connectivity index (χ3v) is 5.11. The topological polar surface area (TPSA) is 46.9 Å². The van der Waals surface area contributed by atoms with Crippen molar-refractivity contribution in [3.8, 4) is 0 Å². The zero-order chi connectivity index (χ0) is 19.8. The summed E-state index contributed by atoms with van der Waals surface area (Å²) in [6.45, 7) is 5.81. The number of nitrogens with zero attached hydrogens (tertiary/aromatic N) is 2. The van der Waals surface area contributed by atoms with E-state index in [1.807, 2.05) is 4.68 Å². The fourth-order valence-corrected chi connectivity index (χ4v) is 3.18. The molecule has 1 aliphatic carbocycles. The molecule has 0 saturated heterocycles. The molecule has 0 aliphatic heterocycles. The van der Waals surface area contributed by atoms with E-state index < -0.39 is 17.8 Å². The van der Waals surface area contributed by atoms with Crippen LogP contribution in [0.15, 0.2) is 30.5 Å². The van der Waals surface area contributed by atoms with Crippen molar-refractivity contribution in [2.75, 3.05) is 0 Å². The number of carbonyl (C=O) groups excluding carboxylic acids is 1. The van der Waals surface area contributed by atoms with Crippen molar-refractivity contribution in [2.45, 2.75) is 64.2 Å². The lowest BCUT2D eigenvalue weighted by molar-refractivity contribution is -0.137. The van der Waals surface area contributed by atoms with Crippen LogP contribution in [0.25, 0.3) is 0 Å². The lowest BCUT2D eigenvalue weighted by Gasteiger charge is -2.17. The summed E-state index contributed by atoms with van der Waals surface area (Å²) in [5.74, 6) is 0.0440. The number of halogens is 3. The van der Waals surface area contributed by atoms with Gasteiger partial charge in [-0.2, -0.15) is 18.3 Å². The summed E-state index contributed by atoms with van der Waals surface area (Å²) in [6, 6.07) is 4.71. The van der Waals surface area contributed by atoms with Crippen LogP contribution in [-0.4, -0.2) is 15.7 Å². The molecule has 1 aromatic heterocycles. The second-order valence-corrected chi connectivity index (χ2v) is 7.24. The minimum absolute atomic E-state index is 0.197. The zero-order valence-corrected chi connectivity index (χ0v) is 15.7. The van der Waals surface area contributed by atoms with E-state index in [1.165, 1.54) is 6.07 Å². The number of aromatic nitrogens is 2. The molecule has 1 aromatic carbocycles. The number of hydrogen-bond donors (Lipinski definition) is 1. The highest BCUT2D eigenvalue weighted by atomic mass is 19.4. The lowest BCUT2D eigenvalue weighted by atomic mass is 10.0. The van der Waals surface area contributed by atoms with Crippen molar-refractivity contribution in [3.05, 3.63) is 52.8 Å². The van der Waals surface area contributed by atoms with E-state index in [2.05, 4.69) is 24.3 Å². The Morgan fingerprint density at radius 2 is 2.04 bits per heavy atom. The first-order valence-corrected chi connectivity index (χ1v) is 9.27. The van der Waals surface area contributed by atoms with E-state index in [1.54, 1.807) is 19.2 Å². The summed E-state index contributed by atoms with van der Waals surface area (Å²) in [7, 11) is 0. The van der Waals surface area contributed by atoms with Crippen LogP contribution in [0.5, 0.6) is 0 Å². The molecule has 1 fully saturated rings. The molecular weight excluding hydrogens is 355 g/mol. The van der Waals surface area contributed by atoms with Gasteiger partial charge in [0.1, 0.15) is 0 Å². The van der Waals surface area contributed by atoms with Gasteiger partial charge in [0.15, 0.2) is 0 Å². The SMILES string of the molecule is CCC(C)n1ncc(C(=O)NC(C)c2cccc(C(F)(F)F)c2)c1C1CC1. The van der Waals surface area contributed by atoms with E-state index in [0.717, 1.165) is 37.1 Å². The van der Waals surface area contributed by atoms with Crippen molar-refractivity contribution >= 4 is 5.91 Å². The van der Waals surface area contributed by atoms with Crippen LogP contribution in [-0.2, 0) is 6.18 Å². The molecule has 2 atom stereocenters. The monoisotopic (exact) mass is 379 g/mol. The van der Waals surface area contributed by atoms with Gasteiger partial charge in [0, 0.05) is 12.0 Å². The molecule has 4 nitrogen and oxygen atoms in total. The molecule has 0 spiro atoms. The Kier molecular flexibility index (Phi) is 5.31. The maximum Gasteiger partial charge on any atom is 0.416 e. The fraction of sp³-hybridized carbons (Fsp3) is 0.500. The predicted octanol–water partition coefficient (Wildman–Crippen LogP) is 5.24. The third-order valence-electron chi connectivity index (χ3n) is 5.11. The first-order chi connectivity index (χ1) is 12.7. The number of amides is 1. The highest BCUT2D eigenvalue weighted by Crippen LogP contribution is 2.42. The van der Waals surface area contributed by atoms with Crippen molar-refractivity contribution in [2.24, 2.45) is 0 Å². The average Bonchev–Trinajstić information content (AvgIpc) is 3.38. The summed E-state index contributed by atoms with van der Waals surface area (Å²) in [6.07, 6.45) is 0.143. The van der Waals surface area contributed by atoms with Gasteiger partial charge in [-0.15, -0.1) is 0 Å². The van der Waals surface area contributed by atoms with Crippen LogP contribution in [0.3, 0.4) is 0 Å². The molecule has 2 aromatic rings. The molecule has 7 heteroatoms. The summed E-state index contributed by atoms with van der Waals surface area (Å²) in [5.41, 5.74) is 1.17. The van der Waals surface area contributed by atoms with Gasteiger partial charge in [-0.3, -0.25) is 9.48 Å². The highest BCUT2D eigenvalue weighted by Gasteiger charge is 2.34. The van der Waals surface area contributed by atoms with Crippen molar-refractivity contribution < 1.29 is 18.0 Å². The van der Waals surface area contributed by atoms with E-state index >= 15 is 0 Å². The van der Waals surface area contributed by atoms with Gasteiger partial charge in [0.25, 0.3) is 5.91 Å². The first kappa shape index (κ1) is 19.5. The molecule has 1 aliphatic rings. The predicted molar refractivity (Wildman–Crippen MR) is 96.5 cm³/mol. The molecule has 1 saturated carbocycles. The van der Waals surface area contributed by atoms with E-state index in [-0.39, 0.29) is 11.9 Å². The quantitative estimate of drug-likeness (QED) is 0.746. The van der Waals surface area contributed by atoms with Crippen LogP contribution in [0.1, 0.15) is 85.2 Å². The van der Waals surface area contributed by atoms with E-state index in [0.29, 0.717) is 17.0 Å². The zero-order valence-electron chi connectivity index (χ0n) is 15.7. The summed E-state index contributed by atoms with van der Waals surface area (Å²) >= 11 is 0. The number of benzene rings is 1. The fourth-order valence-electron chi connectivity index (χ4n) is 3.18. The van der Waals surface area contributed by atoms with E-state index in [9.17, 15) is 18.0 Å². The largest absolute Gasteiger partial charge is 0.416 e. The Hall–Kier alpha value is -2.31. The van der Waals surface area contributed by atoms with Gasteiger partial charge < -0.3 is 5.32 Å². The smallest absolute Gasteiger partial charge is 0.345 e. The van der Waals surface area contributed by atoms with Gasteiger partial charge in [-0.25, -0.2) is 0 Å². The van der Waals surface area contributed by atoms with Gasteiger partial charge in [0.05, 0.1) is 29.1 Å². The molecule has 1 amide bonds. The minimum Gasteiger partial charge on any atom is -0.345 e. The number of rotatable bonds is 6. The van der Waals surface area contributed by atoms with Crippen LogP contribution in [0.4, 0.5) is 13.2 Å². The number of hydrogen-bond acceptors (Lipinski definition) is 2. The Labute approximate surface area is 156 Å². The number of nitrogens with one attached hydrogen (secondary N) is 1. The number of alkyl halides is 3. The van der Waals surface area contributed by atoms with Crippen molar-refractivity contribution in [3.63, 3.8) is 0 Å². The summed E-state index contributed by atoms with van der Waals surface area (Å²) in [5, 5.41) is 7.23. The highest BCUT2D eigenvalue weighted by molar-refractivity contribution is 5.95. The molecule has 146 valence electrons. The van der Waals surface area contributed by atoms with Crippen LogP contribution in [0.2, 0.25) is 0 Å². The van der Waals surface area contributed by atoms with Crippen molar-refractivity contribution in [1.82, 2.24) is 15.1 Å². The Bertz CT molecular complexity index is 824. The third kappa shape index (κ3) is 4.17. The molecule has 1 N–H and O–H groups in total. The summed E-state index contributed by atoms with van der Waals surface area (Å²) in [4.78, 5) is 12.8. The molecule has 0 radical (unpaired) electrons. The molecule has 2 unspecified atom stereocenters. The molecule has 3 rings (SSSR count). The second-order valence-electron chi connectivity index (χ2n) is 7.24. The van der Waals surface area contributed by atoms with Crippen LogP contribution < -0.4 is 5.32 Å². The standard InChI is InChI=1S/C20H24F3N3O/c1-4-12(2)26-18(14-8-9-14)17(11-24-26)19(27)25-13(3)15-6-5-7-16(10-15)20(21,22)23/h5-7,10-14H,4,8-9H2,1-3H3,(H,25,27). The Morgan fingerprint density at radius 1 is 1.33 bits per heavy atom. The maximum atomic E-state index is 12.9. The first-order valence-electron chi connectivity index (χ1n) is 9.27. The number of carbonyl (C=O) groups is 1. The molecule has 0 bridgehead atoms. The van der Waals surface area contributed by atoms with Crippen molar-refractivity contribution in [1.29, 1.82) is 0 Å². The van der Waals surface area contributed by atoms with E-state index in [4.69, 9.17) is 0 Å². The lowest BCUT2D eigenvalue weighted by Crippen LogP contribution is -2.27. The van der Waals surface area contributed by atoms with Gasteiger partial charge in [0.2, 0.25) is 0 Å². The van der Waals surface area contributed by atoms with Gasteiger partial charge in [-0.1, -0.05) is 19.1 Å². The molecular formula is C20H24F3N3O. The van der Waals surface area contributed by atoms with Crippen LogP contribution >= 0.6 is 0 Å². The van der Waals surface area contributed by atoms with Gasteiger partial charge >= 0.3 is 6.18 Å². The Morgan fingerprint density at radius 3 is 2.63 bits per heavy atom. The minimum atomic E-state index is -4.41. The van der Waals surface area contributed by atoms with Gasteiger partial charge in [-0.05, 0) is 50.8 Å². The maximum absolute atomic E-state index is 12.9.